The molecule has 0 radical (unpaired) electrons. The number of hydrogen-bond acceptors (Lipinski definition) is 6. The predicted octanol–water partition coefficient (Wildman–Crippen LogP) is 3.32. The van der Waals surface area contributed by atoms with E-state index in [1.165, 1.54) is 19.3 Å². The smallest absolute Gasteiger partial charge is 0.243 e. The number of aryl methyl sites for hydroxylation is 1. The summed E-state index contributed by atoms with van der Waals surface area (Å²) in [4.78, 5) is 4.87. The largest absolute Gasteiger partial charge is 0.352 e. The van der Waals surface area contributed by atoms with E-state index in [9.17, 15) is 8.42 Å². The van der Waals surface area contributed by atoms with E-state index < -0.39 is 10.0 Å². The number of anilines is 2. The standard InChI is InChI=1S/C23H33N5O2S/c1-3-19-8-10-21(11-9-19)31(29,30)27-17-15-26(16-18-27)22-12-13-23(25-24-22)28-14-6-5-7-20(28)4-2/h8-13,20H,3-7,14-18H2,1-2H3. The fourth-order valence-corrected chi connectivity index (χ4v) is 5.99. The van der Waals surface area contributed by atoms with E-state index in [4.69, 9.17) is 0 Å². The van der Waals surface area contributed by atoms with Gasteiger partial charge in [0.2, 0.25) is 10.0 Å². The van der Waals surface area contributed by atoms with Crippen LogP contribution in [0.25, 0.3) is 0 Å². The molecule has 2 fully saturated rings. The molecule has 1 atom stereocenters. The van der Waals surface area contributed by atoms with E-state index in [1.807, 2.05) is 18.2 Å². The van der Waals surface area contributed by atoms with Crippen molar-refractivity contribution in [3.05, 3.63) is 42.0 Å². The second kappa shape index (κ2) is 9.53. The van der Waals surface area contributed by atoms with Crippen molar-refractivity contribution in [1.82, 2.24) is 14.5 Å². The van der Waals surface area contributed by atoms with Crippen LogP contribution < -0.4 is 9.80 Å². The predicted molar refractivity (Wildman–Crippen MR) is 124 cm³/mol. The van der Waals surface area contributed by atoms with Crippen LogP contribution in [-0.2, 0) is 16.4 Å². The quantitative estimate of drug-likeness (QED) is 0.682. The molecule has 168 valence electrons. The van der Waals surface area contributed by atoms with Crippen molar-refractivity contribution in [2.24, 2.45) is 0 Å². The zero-order chi connectivity index (χ0) is 21.8. The number of hydrogen-bond donors (Lipinski definition) is 0. The lowest BCUT2D eigenvalue weighted by Crippen LogP contribution is -2.49. The summed E-state index contributed by atoms with van der Waals surface area (Å²) >= 11 is 0. The highest BCUT2D eigenvalue weighted by molar-refractivity contribution is 7.89. The normalized spacial score (nSPS) is 20.8. The Kier molecular flexibility index (Phi) is 6.77. The molecule has 1 aromatic carbocycles. The lowest BCUT2D eigenvalue weighted by atomic mass is 10.0. The van der Waals surface area contributed by atoms with E-state index in [0.717, 1.165) is 36.6 Å². The molecule has 7 nitrogen and oxygen atoms in total. The summed E-state index contributed by atoms with van der Waals surface area (Å²) in [5.74, 6) is 1.77. The van der Waals surface area contributed by atoms with Gasteiger partial charge in [-0.1, -0.05) is 26.0 Å². The van der Waals surface area contributed by atoms with Crippen LogP contribution in [0.3, 0.4) is 0 Å². The van der Waals surface area contributed by atoms with Crippen LogP contribution in [0.15, 0.2) is 41.3 Å². The summed E-state index contributed by atoms with van der Waals surface area (Å²) in [5, 5.41) is 8.99. The summed E-state index contributed by atoms with van der Waals surface area (Å²) in [5.41, 5.74) is 1.14. The molecule has 0 bridgehead atoms. The van der Waals surface area contributed by atoms with Gasteiger partial charge in [0.05, 0.1) is 4.90 Å². The first-order chi connectivity index (χ1) is 15.0. The number of piperidine rings is 1. The van der Waals surface area contributed by atoms with Crippen LogP contribution in [0.4, 0.5) is 11.6 Å². The third-order valence-corrected chi connectivity index (χ3v) is 8.47. The van der Waals surface area contributed by atoms with Crippen molar-refractivity contribution in [1.29, 1.82) is 0 Å². The highest BCUT2D eigenvalue weighted by atomic mass is 32.2. The monoisotopic (exact) mass is 443 g/mol. The molecule has 3 heterocycles. The molecule has 0 spiro atoms. The van der Waals surface area contributed by atoms with Gasteiger partial charge in [-0.15, -0.1) is 10.2 Å². The number of benzene rings is 1. The molecule has 2 saturated heterocycles. The van der Waals surface area contributed by atoms with Gasteiger partial charge in [-0.05, 0) is 61.9 Å². The van der Waals surface area contributed by atoms with E-state index in [2.05, 4.69) is 39.9 Å². The van der Waals surface area contributed by atoms with Crippen molar-refractivity contribution < 1.29 is 8.42 Å². The van der Waals surface area contributed by atoms with Gasteiger partial charge in [-0.3, -0.25) is 0 Å². The minimum atomic E-state index is -3.46. The fourth-order valence-electron chi connectivity index (χ4n) is 4.57. The Bertz CT molecular complexity index is 954. The zero-order valence-electron chi connectivity index (χ0n) is 18.6. The van der Waals surface area contributed by atoms with Crippen LogP contribution in [0, 0.1) is 0 Å². The molecule has 2 aliphatic heterocycles. The second-order valence-electron chi connectivity index (χ2n) is 8.39. The Morgan fingerprint density at radius 1 is 0.871 bits per heavy atom. The van der Waals surface area contributed by atoms with Gasteiger partial charge >= 0.3 is 0 Å². The maximum atomic E-state index is 13.0. The van der Waals surface area contributed by atoms with Crippen LogP contribution in [-0.4, -0.2) is 61.7 Å². The van der Waals surface area contributed by atoms with E-state index in [0.29, 0.717) is 37.1 Å². The minimum Gasteiger partial charge on any atom is -0.352 e. The Morgan fingerprint density at radius 3 is 2.16 bits per heavy atom. The number of sulfonamides is 1. The van der Waals surface area contributed by atoms with Crippen LogP contribution in [0.5, 0.6) is 0 Å². The van der Waals surface area contributed by atoms with E-state index in [1.54, 1.807) is 16.4 Å². The molecule has 8 heteroatoms. The van der Waals surface area contributed by atoms with Crippen molar-refractivity contribution in [2.45, 2.75) is 56.9 Å². The first-order valence-corrected chi connectivity index (χ1v) is 12.9. The summed E-state index contributed by atoms with van der Waals surface area (Å²) in [6.45, 7) is 7.46. The molecule has 0 N–H and O–H groups in total. The summed E-state index contributed by atoms with van der Waals surface area (Å²) in [6, 6.07) is 11.9. The molecule has 2 aliphatic rings. The Hall–Kier alpha value is -2.19. The summed E-state index contributed by atoms with van der Waals surface area (Å²) in [6.07, 6.45) is 5.74. The van der Waals surface area contributed by atoms with Gasteiger partial charge in [0, 0.05) is 38.8 Å². The van der Waals surface area contributed by atoms with Gasteiger partial charge in [0.15, 0.2) is 11.6 Å². The topological polar surface area (TPSA) is 69.6 Å². The van der Waals surface area contributed by atoms with E-state index in [-0.39, 0.29) is 0 Å². The first kappa shape index (κ1) is 22.0. The molecule has 0 saturated carbocycles. The Labute approximate surface area is 186 Å². The average Bonchev–Trinajstić information content (AvgIpc) is 2.84. The molecule has 0 amide bonds. The third kappa shape index (κ3) is 4.70. The van der Waals surface area contributed by atoms with Gasteiger partial charge in [-0.25, -0.2) is 8.42 Å². The van der Waals surface area contributed by atoms with Crippen molar-refractivity contribution in [3.63, 3.8) is 0 Å². The maximum absolute atomic E-state index is 13.0. The third-order valence-electron chi connectivity index (χ3n) is 6.56. The molecular weight excluding hydrogens is 410 g/mol. The highest BCUT2D eigenvalue weighted by Crippen LogP contribution is 2.26. The Morgan fingerprint density at radius 2 is 1.55 bits per heavy atom. The number of rotatable bonds is 6. The van der Waals surface area contributed by atoms with Gasteiger partial charge in [0.1, 0.15) is 0 Å². The van der Waals surface area contributed by atoms with Gasteiger partial charge in [-0.2, -0.15) is 4.31 Å². The highest BCUT2D eigenvalue weighted by Gasteiger charge is 2.29. The van der Waals surface area contributed by atoms with Crippen LogP contribution in [0.2, 0.25) is 0 Å². The Balaban J connectivity index is 1.39. The molecular formula is C23H33N5O2S. The van der Waals surface area contributed by atoms with Crippen molar-refractivity contribution in [3.8, 4) is 0 Å². The number of nitrogens with zero attached hydrogens (tertiary/aromatic N) is 5. The molecule has 31 heavy (non-hydrogen) atoms. The molecule has 1 aromatic heterocycles. The van der Waals surface area contributed by atoms with Gasteiger partial charge < -0.3 is 9.80 Å². The van der Waals surface area contributed by atoms with E-state index >= 15 is 0 Å². The summed E-state index contributed by atoms with van der Waals surface area (Å²) in [7, 11) is -3.46. The second-order valence-corrected chi connectivity index (χ2v) is 10.3. The molecule has 0 aliphatic carbocycles. The fraction of sp³-hybridized carbons (Fsp3) is 0.565. The number of piperazine rings is 1. The zero-order valence-corrected chi connectivity index (χ0v) is 19.4. The lowest BCUT2D eigenvalue weighted by Gasteiger charge is -2.36. The molecule has 1 unspecified atom stereocenters. The SMILES string of the molecule is CCc1ccc(S(=O)(=O)N2CCN(c3ccc(N4CCCCC4CC)nn3)CC2)cc1. The number of aromatic nitrogens is 2. The minimum absolute atomic E-state index is 0.370. The average molecular weight is 444 g/mol. The van der Waals surface area contributed by atoms with Crippen LogP contribution in [0.1, 0.15) is 45.1 Å². The van der Waals surface area contributed by atoms with Crippen LogP contribution >= 0.6 is 0 Å². The maximum Gasteiger partial charge on any atom is 0.243 e. The van der Waals surface area contributed by atoms with Gasteiger partial charge in [0.25, 0.3) is 0 Å². The van der Waals surface area contributed by atoms with Crippen molar-refractivity contribution in [2.75, 3.05) is 42.5 Å². The molecule has 2 aromatic rings. The molecule has 4 rings (SSSR count). The first-order valence-electron chi connectivity index (χ1n) is 11.5. The lowest BCUT2D eigenvalue weighted by molar-refractivity contribution is 0.383. The van der Waals surface area contributed by atoms with Crippen molar-refractivity contribution >= 4 is 21.7 Å². The summed E-state index contributed by atoms with van der Waals surface area (Å²) < 4.78 is 27.5.